The molecular weight excluding hydrogens is 196 g/mol. The van der Waals surface area contributed by atoms with Crippen molar-refractivity contribution in [1.29, 1.82) is 0 Å². The van der Waals surface area contributed by atoms with E-state index in [1.807, 2.05) is 19.9 Å². The molecule has 1 atom stereocenters. The van der Waals surface area contributed by atoms with Crippen LogP contribution in [0.2, 0.25) is 0 Å². The zero-order chi connectivity index (χ0) is 10.6. The monoisotopic (exact) mass is 212 g/mol. The molecule has 0 aliphatic rings. The predicted octanol–water partition coefficient (Wildman–Crippen LogP) is 3.56. The molecule has 0 saturated carbocycles. The van der Waals surface area contributed by atoms with E-state index in [0.717, 1.165) is 12.2 Å². The van der Waals surface area contributed by atoms with Gasteiger partial charge in [0.15, 0.2) is 0 Å². The summed E-state index contributed by atoms with van der Waals surface area (Å²) in [6, 6.07) is 6.23. The minimum absolute atomic E-state index is 0.149. The van der Waals surface area contributed by atoms with Crippen LogP contribution in [-0.4, -0.2) is 12.0 Å². The third-order valence-electron chi connectivity index (χ3n) is 2.02. The summed E-state index contributed by atoms with van der Waals surface area (Å²) in [5.74, 6) is 0.964. The number of hydrogen-bond acceptors (Lipinski definition) is 1. The maximum atomic E-state index is 5.98. The van der Waals surface area contributed by atoms with Gasteiger partial charge in [0.2, 0.25) is 0 Å². The lowest BCUT2D eigenvalue weighted by Gasteiger charge is -2.11. The molecule has 0 heterocycles. The second-order valence-corrected chi connectivity index (χ2v) is 4.27. The van der Waals surface area contributed by atoms with Crippen molar-refractivity contribution in [3.8, 4) is 5.75 Å². The molecule has 1 nitrogen and oxygen atoms in total. The van der Waals surface area contributed by atoms with Crippen molar-refractivity contribution in [3.63, 3.8) is 0 Å². The van der Waals surface area contributed by atoms with Gasteiger partial charge >= 0.3 is 0 Å². The molecule has 0 fully saturated rings. The normalized spacial score (nSPS) is 12.6. The molecule has 0 spiro atoms. The number of hydrogen-bond donors (Lipinski definition) is 0. The summed E-state index contributed by atoms with van der Waals surface area (Å²) in [7, 11) is 0. The lowest BCUT2D eigenvalue weighted by molar-refractivity contribution is 0.336. The van der Waals surface area contributed by atoms with Crippen molar-refractivity contribution in [3.05, 3.63) is 29.3 Å². The third kappa shape index (κ3) is 3.22. The summed E-state index contributed by atoms with van der Waals surface area (Å²) in [6.07, 6.45) is 0.860. The van der Waals surface area contributed by atoms with Crippen molar-refractivity contribution in [2.75, 3.05) is 6.61 Å². The number of ether oxygens (including phenoxy) is 1. The Morgan fingerprint density at radius 2 is 2.14 bits per heavy atom. The van der Waals surface area contributed by atoms with Gasteiger partial charge in [0.25, 0.3) is 0 Å². The van der Waals surface area contributed by atoms with Gasteiger partial charge in [-0.25, -0.2) is 0 Å². The predicted molar refractivity (Wildman–Crippen MR) is 61.4 cm³/mol. The standard InChI is InChI=1S/C12H17ClO/c1-4-14-12-6-5-9(2)7-11(12)8-10(3)13/h5-7,10H,4,8H2,1-3H3. The average Bonchev–Trinajstić information content (AvgIpc) is 2.09. The van der Waals surface area contributed by atoms with Crippen LogP contribution in [0.1, 0.15) is 25.0 Å². The molecule has 0 aliphatic heterocycles. The van der Waals surface area contributed by atoms with Crippen LogP contribution in [0, 0.1) is 6.92 Å². The molecule has 1 aromatic rings. The summed E-state index contributed by atoms with van der Waals surface area (Å²) < 4.78 is 5.53. The lowest BCUT2D eigenvalue weighted by Crippen LogP contribution is -2.02. The summed E-state index contributed by atoms with van der Waals surface area (Å²) in [5.41, 5.74) is 2.45. The first-order chi connectivity index (χ1) is 6.63. The fourth-order valence-electron chi connectivity index (χ4n) is 1.47. The molecule has 0 aromatic heterocycles. The topological polar surface area (TPSA) is 9.23 Å². The Morgan fingerprint density at radius 3 is 2.71 bits per heavy atom. The molecule has 14 heavy (non-hydrogen) atoms. The average molecular weight is 213 g/mol. The highest BCUT2D eigenvalue weighted by molar-refractivity contribution is 6.20. The molecule has 0 bridgehead atoms. The first-order valence-electron chi connectivity index (χ1n) is 5.00. The molecule has 1 rings (SSSR count). The zero-order valence-corrected chi connectivity index (χ0v) is 9.77. The first kappa shape index (κ1) is 11.4. The largest absolute Gasteiger partial charge is 0.494 e. The Morgan fingerprint density at radius 1 is 1.43 bits per heavy atom. The minimum atomic E-state index is 0.149. The van der Waals surface area contributed by atoms with Crippen molar-refractivity contribution < 1.29 is 4.74 Å². The number of benzene rings is 1. The molecule has 1 aromatic carbocycles. The van der Waals surface area contributed by atoms with Gasteiger partial charge in [-0.3, -0.25) is 0 Å². The minimum Gasteiger partial charge on any atom is -0.494 e. The van der Waals surface area contributed by atoms with E-state index in [1.165, 1.54) is 11.1 Å². The second kappa shape index (κ2) is 5.26. The van der Waals surface area contributed by atoms with Gasteiger partial charge in [0.05, 0.1) is 6.61 Å². The Kier molecular flexibility index (Phi) is 4.27. The summed E-state index contributed by atoms with van der Waals surface area (Å²) in [4.78, 5) is 0. The van der Waals surface area contributed by atoms with E-state index in [0.29, 0.717) is 6.61 Å². The van der Waals surface area contributed by atoms with E-state index in [1.54, 1.807) is 0 Å². The van der Waals surface area contributed by atoms with Crippen LogP contribution in [0.25, 0.3) is 0 Å². The number of rotatable bonds is 4. The third-order valence-corrected chi connectivity index (χ3v) is 2.17. The maximum Gasteiger partial charge on any atom is 0.122 e. The van der Waals surface area contributed by atoms with Crippen molar-refractivity contribution >= 4 is 11.6 Å². The van der Waals surface area contributed by atoms with Gasteiger partial charge in [0, 0.05) is 5.38 Å². The SMILES string of the molecule is CCOc1ccc(C)cc1CC(C)Cl. The molecule has 2 heteroatoms. The molecule has 1 unspecified atom stereocenters. The van der Waals surface area contributed by atoms with E-state index >= 15 is 0 Å². The van der Waals surface area contributed by atoms with Gasteiger partial charge in [-0.15, -0.1) is 11.6 Å². The van der Waals surface area contributed by atoms with Crippen LogP contribution in [0.15, 0.2) is 18.2 Å². The molecule has 78 valence electrons. The molecule has 0 radical (unpaired) electrons. The smallest absolute Gasteiger partial charge is 0.122 e. The Labute approximate surface area is 91.0 Å². The van der Waals surface area contributed by atoms with Crippen molar-refractivity contribution in [2.45, 2.75) is 32.6 Å². The summed E-state index contributed by atoms with van der Waals surface area (Å²) >= 11 is 5.98. The summed E-state index contributed by atoms with van der Waals surface area (Å²) in [5, 5.41) is 0.149. The molecule has 0 aliphatic carbocycles. The van der Waals surface area contributed by atoms with Crippen LogP contribution >= 0.6 is 11.6 Å². The van der Waals surface area contributed by atoms with E-state index < -0.39 is 0 Å². The maximum absolute atomic E-state index is 5.98. The fourth-order valence-corrected chi connectivity index (χ4v) is 1.63. The van der Waals surface area contributed by atoms with Crippen LogP contribution in [0.4, 0.5) is 0 Å². The molecular formula is C12H17ClO. The highest BCUT2D eigenvalue weighted by atomic mass is 35.5. The van der Waals surface area contributed by atoms with E-state index in [-0.39, 0.29) is 5.38 Å². The van der Waals surface area contributed by atoms with Gasteiger partial charge in [-0.2, -0.15) is 0 Å². The number of aryl methyl sites for hydroxylation is 1. The second-order valence-electron chi connectivity index (χ2n) is 3.53. The van der Waals surface area contributed by atoms with Crippen LogP contribution < -0.4 is 4.74 Å². The van der Waals surface area contributed by atoms with E-state index in [9.17, 15) is 0 Å². The number of alkyl halides is 1. The van der Waals surface area contributed by atoms with Crippen LogP contribution in [-0.2, 0) is 6.42 Å². The van der Waals surface area contributed by atoms with Crippen LogP contribution in [0.3, 0.4) is 0 Å². The highest BCUT2D eigenvalue weighted by Crippen LogP contribution is 2.22. The highest BCUT2D eigenvalue weighted by Gasteiger charge is 2.06. The molecule has 0 amide bonds. The Bertz CT molecular complexity index is 294. The van der Waals surface area contributed by atoms with Gasteiger partial charge in [-0.1, -0.05) is 17.7 Å². The van der Waals surface area contributed by atoms with E-state index in [4.69, 9.17) is 16.3 Å². The van der Waals surface area contributed by atoms with Gasteiger partial charge < -0.3 is 4.74 Å². The molecule has 0 N–H and O–H groups in total. The summed E-state index contributed by atoms with van der Waals surface area (Å²) in [6.45, 7) is 6.78. The Hall–Kier alpha value is -0.690. The number of halogens is 1. The quantitative estimate of drug-likeness (QED) is 0.694. The van der Waals surface area contributed by atoms with Gasteiger partial charge in [0.1, 0.15) is 5.75 Å². The van der Waals surface area contributed by atoms with Crippen LogP contribution in [0.5, 0.6) is 5.75 Å². The first-order valence-corrected chi connectivity index (χ1v) is 5.43. The van der Waals surface area contributed by atoms with E-state index in [2.05, 4.69) is 19.1 Å². The molecule has 0 saturated heterocycles. The Balaban J connectivity index is 2.90. The fraction of sp³-hybridized carbons (Fsp3) is 0.500. The lowest BCUT2D eigenvalue weighted by atomic mass is 10.1. The van der Waals surface area contributed by atoms with Crippen molar-refractivity contribution in [1.82, 2.24) is 0 Å². The zero-order valence-electron chi connectivity index (χ0n) is 9.01. The van der Waals surface area contributed by atoms with Crippen molar-refractivity contribution in [2.24, 2.45) is 0 Å². The van der Waals surface area contributed by atoms with Gasteiger partial charge in [-0.05, 0) is 38.8 Å².